The lowest BCUT2D eigenvalue weighted by molar-refractivity contribution is -0.146. The molecule has 4 heteroatoms. The summed E-state index contributed by atoms with van der Waals surface area (Å²) in [7, 11) is 2.95. The van der Waals surface area contributed by atoms with Crippen LogP contribution in [0.5, 0.6) is 5.75 Å². The lowest BCUT2D eigenvalue weighted by Gasteiger charge is -2.32. The van der Waals surface area contributed by atoms with Crippen LogP contribution in [-0.2, 0) is 19.7 Å². The number of ketones is 1. The Balaban J connectivity index is 2.25. The zero-order valence-corrected chi connectivity index (χ0v) is 14.6. The number of allylic oxidation sites excluding steroid dienone is 4. The van der Waals surface area contributed by atoms with Crippen LogP contribution in [0.1, 0.15) is 24.8 Å². The second-order valence-corrected chi connectivity index (χ2v) is 6.56. The van der Waals surface area contributed by atoms with Crippen LogP contribution in [0.25, 0.3) is 0 Å². The molecular formula is C21H22O4. The van der Waals surface area contributed by atoms with Crippen LogP contribution in [0.4, 0.5) is 0 Å². The fourth-order valence-corrected chi connectivity index (χ4v) is 3.84. The second-order valence-electron chi connectivity index (χ2n) is 6.56. The van der Waals surface area contributed by atoms with E-state index in [4.69, 9.17) is 9.47 Å². The fraction of sp³-hybridized carbons (Fsp3) is 0.333. The van der Waals surface area contributed by atoms with Crippen LogP contribution in [-0.4, -0.2) is 26.0 Å². The van der Waals surface area contributed by atoms with Crippen molar-refractivity contribution in [2.75, 3.05) is 14.2 Å². The first-order valence-electron chi connectivity index (χ1n) is 8.34. The van der Waals surface area contributed by atoms with Gasteiger partial charge in [0.2, 0.25) is 0 Å². The first kappa shape index (κ1) is 17.2. The predicted octanol–water partition coefficient (Wildman–Crippen LogP) is 3.53. The SMILES string of the molecule is C=C1C[C@@H]2CC=CC=C(C2=O)[C@@](C(=O)OC)(c2ccc(OC)cc2)C1. The van der Waals surface area contributed by atoms with Gasteiger partial charge in [0, 0.05) is 11.5 Å². The first-order valence-corrected chi connectivity index (χ1v) is 8.34. The highest BCUT2D eigenvalue weighted by molar-refractivity contribution is 6.08. The molecule has 0 aliphatic heterocycles. The standard InChI is InChI=1S/C21H22O4/c1-14-12-15-6-4-5-7-18(19(15)22)21(13-14,20(23)25-3)16-8-10-17(24-2)11-9-16/h4-5,7-11,15H,1,6,12-13H2,2-3H3/t15-,21-/m0/s1. The molecule has 3 rings (SSSR count). The monoisotopic (exact) mass is 338 g/mol. The average molecular weight is 338 g/mol. The van der Waals surface area contributed by atoms with Crippen molar-refractivity contribution in [3.05, 3.63) is 65.8 Å². The highest BCUT2D eigenvalue weighted by atomic mass is 16.5. The molecule has 1 fully saturated rings. The quantitative estimate of drug-likeness (QED) is 0.625. The maximum absolute atomic E-state index is 13.1. The van der Waals surface area contributed by atoms with Gasteiger partial charge in [-0.1, -0.05) is 42.5 Å². The van der Waals surface area contributed by atoms with Crippen molar-refractivity contribution < 1.29 is 19.1 Å². The Kier molecular flexibility index (Phi) is 4.62. The zero-order valence-electron chi connectivity index (χ0n) is 14.6. The normalized spacial score (nSPS) is 25.7. The molecule has 2 atom stereocenters. The average Bonchev–Trinajstić information content (AvgIpc) is 2.87. The maximum atomic E-state index is 13.1. The zero-order chi connectivity index (χ0) is 18.0. The van der Waals surface area contributed by atoms with Crippen LogP contribution >= 0.6 is 0 Å². The van der Waals surface area contributed by atoms with E-state index in [1.165, 1.54) is 7.11 Å². The van der Waals surface area contributed by atoms with Crippen molar-refractivity contribution >= 4 is 11.8 Å². The third-order valence-corrected chi connectivity index (χ3v) is 5.08. The van der Waals surface area contributed by atoms with Crippen molar-refractivity contribution in [3.63, 3.8) is 0 Å². The van der Waals surface area contributed by atoms with Gasteiger partial charge in [-0.05, 0) is 37.0 Å². The molecule has 0 saturated heterocycles. The molecule has 1 saturated carbocycles. The molecule has 0 heterocycles. The summed E-state index contributed by atoms with van der Waals surface area (Å²) in [5.74, 6) is 0.0941. The molecule has 0 aromatic heterocycles. The number of hydrogen-bond acceptors (Lipinski definition) is 4. The molecule has 0 radical (unpaired) electrons. The molecule has 0 spiro atoms. The van der Waals surface area contributed by atoms with Gasteiger partial charge in [0.05, 0.1) is 14.2 Å². The van der Waals surface area contributed by atoms with Crippen LogP contribution < -0.4 is 4.74 Å². The molecule has 25 heavy (non-hydrogen) atoms. The molecule has 0 amide bonds. The van der Waals surface area contributed by atoms with E-state index in [0.29, 0.717) is 30.6 Å². The van der Waals surface area contributed by atoms with E-state index in [1.807, 2.05) is 24.3 Å². The number of benzene rings is 1. The molecule has 2 bridgehead atoms. The van der Waals surface area contributed by atoms with Crippen LogP contribution in [0.15, 0.2) is 60.2 Å². The smallest absolute Gasteiger partial charge is 0.321 e. The van der Waals surface area contributed by atoms with Crippen molar-refractivity contribution in [2.45, 2.75) is 24.7 Å². The molecule has 0 N–H and O–H groups in total. The number of methoxy groups -OCH3 is 2. The molecule has 2 aliphatic rings. The molecule has 4 nitrogen and oxygen atoms in total. The summed E-state index contributed by atoms with van der Waals surface area (Å²) >= 11 is 0. The molecule has 2 aliphatic carbocycles. The molecule has 1 aromatic rings. The van der Waals surface area contributed by atoms with Gasteiger partial charge in [-0.25, -0.2) is 0 Å². The largest absolute Gasteiger partial charge is 0.497 e. The topological polar surface area (TPSA) is 52.6 Å². The summed E-state index contributed by atoms with van der Waals surface area (Å²) in [5, 5.41) is 0. The number of carbonyl (C=O) groups excluding carboxylic acids is 2. The summed E-state index contributed by atoms with van der Waals surface area (Å²) in [6.45, 7) is 4.13. The summed E-state index contributed by atoms with van der Waals surface area (Å²) in [5.41, 5.74) is 0.926. The van der Waals surface area contributed by atoms with Crippen molar-refractivity contribution in [1.29, 1.82) is 0 Å². The van der Waals surface area contributed by atoms with E-state index in [1.54, 1.807) is 25.3 Å². The number of fused-ring (bicyclic) bond motifs is 2. The van der Waals surface area contributed by atoms with Crippen molar-refractivity contribution in [3.8, 4) is 5.75 Å². The van der Waals surface area contributed by atoms with E-state index in [2.05, 4.69) is 6.58 Å². The fourth-order valence-electron chi connectivity index (χ4n) is 3.84. The Bertz CT molecular complexity index is 770. The minimum Gasteiger partial charge on any atom is -0.497 e. The van der Waals surface area contributed by atoms with Crippen molar-refractivity contribution in [2.24, 2.45) is 5.92 Å². The van der Waals surface area contributed by atoms with Gasteiger partial charge < -0.3 is 9.47 Å². The third-order valence-electron chi connectivity index (χ3n) is 5.08. The molecule has 1 aromatic carbocycles. The molecule has 0 unspecified atom stereocenters. The summed E-state index contributed by atoms with van der Waals surface area (Å²) < 4.78 is 10.4. The van der Waals surface area contributed by atoms with Crippen LogP contribution in [0, 0.1) is 5.92 Å². The van der Waals surface area contributed by atoms with Crippen molar-refractivity contribution in [1.82, 2.24) is 0 Å². The van der Waals surface area contributed by atoms with Gasteiger partial charge in [0.1, 0.15) is 11.2 Å². The highest BCUT2D eigenvalue weighted by Gasteiger charge is 2.51. The first-order chi connectivity index (χ1) is 12.0. The number of esters is 1. The summed E-state index contributed by atoms with van der Waals surface area (Å²) in [4.78, 5) is 26.1. The summed E-state index contributed by atoms with van der Waals surface area (Å²) in [6.07, 6.45) is 7.23. The van der Waals surface area contributed by atoms with E-state index in [-0.39, 0.29) is 11.7 Å². The van der Waals surface area contributed by atoms with Crippen LogP contribution in [0.2, 0.25) is 0 Å². The Morgan fingerprint density at radius 3 is 2.60 bits per heavy atom. The van der Waals surface area contributed by atoms with Gasteiger partial charge in [-0.15, -0.1) is 0 Å². The van der Waals surface area contributed by atoms with Gasteiger partial charge in [0.15, 0.2) is 5.78 Å². The molecule has 130 valence electrons. The maximum Gasteiger partial charge on any atom is 0.321 e. The predicted molar refractivity (Wildman–Crippen MR) is 95.4 cm³/mol. The number of ether oxygens (including phenoxy) is 2. The summed E-state index contributed by atoms with van der Waals surface area (Å²) in [6, 6.07) is 7.24. The third kappa shape index (κ3) is 2.82. The number of hydrogen-bond donors (Lipinski definition) is 0. The Labute approximate surface area is 147 Å². The Hall–Kier alpha value is -2.62. The van der Waals surface area contributed by atoms with Gasteiger partial charge in [-0.2, -0.15) is 0 Å². The number of Topliss-reactive ketones (excluding diaryl/α,β-unsaturated/α-hetero) is 1. The second kappa shape index (κ2) is 6.71. The minimum absolute atomic E-state index is 0.00451. The van der Waals surface area contributed by atoms with E-state index in [0.717, 1.165) is 11.1 Å². The highest BCUT2D eigenvalue weighted by Crippen LogP contribution is 2.46. The lowest BCUT2D eigenvalue weighted by atomic mass is 9.69. The lowest BCUT2D eigenvalue weighted by Crippen LogP contribution is -2.41. The van der Waals surface area contributed by atoms with Gasteiger partial charge in [0.25, 0.3) is 0 Å². The molecular weight excluding hydrogens is 316 g/mol. The van der Waals surface area contributed by atoms with Gasteiger partial charge >= 0.3 is 5.97 Å². The van der Waals surface area contributed by atoms with Gasteiger partial charge in [-0.3, -0.25) is 9.59 Å². The van der Waals surface area contributed by atoms with E-state index in [9.17, 15) is 9.59 Å². The number of carbonyl (C=O) groups is 2. The Morgan fingerprint density at radius 2 is 1.96 bits per heavy atom. The number of rotatable bonds is 3. The Morgan fingerprint density at radius 1 is 1.24 bits per heavy atom. The van der Waals surface area contributed by atoms with E-state index < -0.39 is 11.4 Å². The van der Waals surface area contributed by atoms with E-state index >= 15 is 0 Å². The minimum atomic E-state index is -1.17. The van der Waals surface area contributed by atoms with Crippen LogP contribution in [0.3, 0.4) is 0 Å².